The number of para-hydroxylation sites is 1. The Morgan fingerprint density at radius 2 is 1.61 bits per heavy atom. The first-order valence-electron chi connectivity index (χ1n) is 7.98. The Kier molecular flexibility index (Phi) is 3.15. The molecule has 0 unspecified atom stereocenters. The first-order chi connectivity index (χ1) is 11.2. The minimum Gasteiger partial charge on any atom is -0.288 e. The molecule has 0 N–H and O–H groups in total. The van der Waals surface area contributed by atoms with Crippen molar-refractivity contribution in [2.75, 3.05) is 0 Å². The van der Waals surface area contributed by atoms with Crippen LogP contribution < -0.4 is 0 Å². The quantitative estimate of drug-likeness (QED) is 0.566. The van der Waals surface area contributed by atoms with Gasteiger partial charge in [-0.05, 0) is 24.5 Å². The van der Waals surface area contributed by atoms with Gasteiger partial charge in [0.1, 0.15) is 0 Å². The van der Waals surface area contributed by atoms with Crippen LogP contribution in [-0.4, -0.2) is 15.6 Å². The summed E-state index contributed by atoms with van der Waals surface area (Å²) in [5.74, 6) is 0.558. The molecule has 0 radical (unpaired) electrons. The van der Waals surface area contributed by atoms with Gasteiger partial charge in [0.05, 0.1) is 22.6 Å². The maximum absolute atomic E-state index is 12.9. The Morgan fingerprint density at radius 3 is 2.30 bits per heavy atom. The lowest BCUT2D eigenvalue weighted by molar-refractivity contribution is 0.104. The Balaban J connectivity index is 2.00. The highest BCUT2D eigenvalue weighted by atomic mass is 16.1. The average Bonchev–Trinajstić information content (AvgIpc) is 3.06. The maximum atomic E-state index is 12.9. The Hall–Kier alpha value is -2.68. The molecule has 3 nitrogen and oxygen atoms in total. The molecule has 4 rings (SSSR count). The summed E-state index contributed by atoms with van der Waals surface area (Å²) in [5, 5.41) is 4.79. The van der Waals surface area contributed by atoms with E-state index in [2.05, 4.69) is 13.8 Å². The summed E-state index contributed by atoms with van der Waals surface area (Å²) in [5.41, 5.74) is 5.38. The summed E-state index contributed by atoms with van der Waals surface area (Å²) in [6.45, 7) is 4.31. The Bertz CT molecular complexity index is 891. The molecular formula is C20H18N2O. The molecular weight excluding hydrogens is 284 g/mol. The van der Waals surface area contributed by atoms with Gasteiger partial charge in [-0.2, -0.15) is 5.10 Å². The normalized spacial score (nSPS) is 12.6. The second-order valence-electron chi connectivity index (χ2n) is 6.39. The number of fused-ring (bicyclic) bond motifs is 3. The predicted octanol–water partition coefficient (Wildman–Crippen LogP) is 4.28. The van der Waals surface area contributed by atoms with E-state index in [1.54, 1.807) is 0 Å². The SMILES string of the molecule is CC(C)Cc1nn(-c2ccccc2)c2c1C(=O)c1ccccc1-2. The second kappa shape index (κ2) is 5.20. The maximum Gasteiger partial charge on any atom is 0.197 e. The minimum absolute atomic E-state index is 0.105. The summed E-state index contributed by atoms with van der Waals surface area (Å²) in [6.07, 6.45) is 0.807. The van der Waals surface area contributed by atoms with E-state index in [4.69, 9.17) is 5.10 Å². The van der Waals surface area contributed by atoms with Crippen molar-refractivity contribution in [1.82, 2.24) is 9.78 Å². The number of ketones is 1. The lowest BCUT2D eigenvalue weighted by Crippen LogP contribution is -2.04. The number of hydrogen-bond acceptors (Lipinski definition) is 2. The van der Waals surface area contributed by atoms with Crippen molar-refractivity contribution in [2.45, 2.75) is 20.3 Å². The zero-order valence-corrected chi connectivity index (χ0v) is 13.3. The molecule has 0 aliphatic heterocycles. The molecule has 0 bridgehead atoms. The average molecular weight is 302 g/mol. The van der Waals surface area contributed by atoms with E-state index in [1.807, 2.05) is 59.3 Å². The molecule has 1 aromatic heterocycles. The van der Waals surface area contributed by atoms with Gasteiger partial charge in [0.2, 0.25) is 0 Å². The van der Waals surface area contributed by atoms with Crippen molar-refractivity contribution < 1.29 is 4.79 Å². The van der Waals surface area contributed by atoms with Crippen LogP contribution in [0, 0.1) is 5.92 Å². The van der Waals surface area contributed by atoms with Crippen LogP contribution in [0.2, 0.25) is 0 Å². The minimum atomic E-state index is 0.105. The highest BCUT2D eigenvalue weighted by Gasteiger charge is 2.34. The van der Waals surface area contributed by atoms with E-state index in [9.17, 15) is 4.79 Å². The van der Waals surface area contributed by atoms with Crippen LogP contribution >= 0.6 is 0 Å². The van der Waals surface area contributed by atoms with Crippen molar-refractivity contribution in [1.29, 1.82) is 0 Å². The smallest absolute Gasteiger partial charge is 0.197 e. The van der Waals surface area contributed by atoms with Crippen molar-refractivity contribution in [3.8, 4) is 16.9 Å². The van der Waals surface area contributed by atoms with Gasteiger partial charge in [0.25, 0.3) is 0 Å². The number of rotatable bonds is 3. The second-order valence-corrected chi connectivity index (χ2v) is 6.39. The third-order valence-electron chi connectivity index (χ3n) is 4.21. The van der Waals surface area contributed by atoms with Gasteiger partial charge >= 0.3 is 0 Å². The van der Waals surface area contributed by atoms with E-state index in [0.717, 1.165) is 40.2 Å². The number of aromatic nitrogens is 2. The molecule has 3 heteroatoms. The summed E-state index contributed by atoms with van der Waals surface area (Å²) in [7, 11) is 0. The predicted molar refractivity (Wildman–Crippen MR) is 91.0 cm³/mol. The number of nitrogens with zero attached hydrogens (tertiary/aromatic N) is 2. The monoisotopic (exact) mass is 302 g/mol. The van der Waals surface area contributed by atoms with Crippen LogP contribution in [0.5, 0.6) is 0 Å². The van der Waals surface area contributed by atoms with Crippen molar-refractivity contribution in [3.63, 3.8) is 0 Å². The van der Waals surface area contributed by atoms with Gasteiger partial charge in [0, 0.05) is 11.1 Å². The lowest BCUT2D eigenvalue weighted by atomic mass is 10.0. The Morgan fingerprint density at radius 1 is 0.957 bits per heavy atom. The van der Waals surface area contributed by atoms with Crippen LogP contribution in [0.4, 0.5) is 0 Å². The molecule has 0 spiro atoms. The molecule has 0 saturated heterocycles. The van der Waals surface area contributed by atoms with E-state index >= 15 is 0 Å². The van der Waals surface area contributed by atoms with E-state index in [-0.39, 0.29) is 5.78 Å². The van der Waals surface area contributed by atoms with Crippen LogP contribution in [0.25, 0.3) is 16.9 Å². The molecule has 1 aliphatic carbocycles. The van der Waals surface area contributed by atoms with Crippen LogP contribution in [-0.2, 0) is 6.42 Å². The van der Waals surface area contributed by atoms with E-state index < -0.39 is 0 Å². The van der Waals surface area contributed by atoms with Crippen LogP contribution in [0.3, 0.4) is 0 Å². The molecule has 23 heavy (non-hydrogen) atoms. The number of carbonyl (C=O) groups excluding carboxylic acids is 1. The third kappa shape index (κ3) is 2.12. The summed E-state index contributed by atoms with van der Waals surface area (Å²) < 4.78 is 1.93. The van der Waals surface area contributed by atoms with Crippen LogP contribution in [0.1, 0.15) is 35.5 Å². The molecule has 0 fully saturated rings. The first-order valence-corrected chi connectivity index (χ1v) is 7.98. The van der Waals surface area contributed by atoms with Crippen LogP contribution in [0.15, 0.2) is 54.6 Å². The van der Waals surface area contributed by atoms with Gasteiger partial charge in [-0.15, -0.1) is 0 Å². The van der Waals surface area contributed by atoms with Gasteiger partial charge in [-0.3, -0.25) is 4.79 Å². The zero-order valence-electron chi connectivity index (χ0n) is 13.3. The summed E-state index contributed by atoms with van der Waals surface area (Å²) >= 11 is 0. The number of carbonyl (C=O) groups is 1. The highest BCUT2D eigenvalue weighted by Crippen LogP contribution is 2.40. The standard InChI is InChI=1S/C20H18N2O/c1-13(2)12-17-18-19(15-10-6-7-11-16(15)20(18)23)22(21-17)14-8-4-3-5-9-14/h3-11,13H,12H2,1-2H3. The number of benzene rings is 2. The summed E-state index contributed by atoms with van der Waals surface area (Å²) in [6, 6.07) is 17.8. The molecule has 114 valence electrons. The van der Waals surface area contributed by atoms with Crippen molar-refractivity contribution in [2.24, 2.45) is 5.92 Å². The van der Waals surface area contributed by atoms with E-state index in [0.29, 0.717) is 5.92 Å². The van der Waals surface area contributed by atoms with Gasteiger partial charge in [-0.25, -0.2) is 4.68 Å². The Labute approximate surface area is 135 Å². The molecule has 0 atom stereocenters. The third-order valence-corrected chi connectivity index (χ3v) is 4.21. The summed E-state index contributed by atoms with van der Waals surface area (Å²) in [4.78, 5) is 12.9. The lowest BCUT2D eigenvalue weighted by Gasteiger charge is -2.07. The molecule has 0 amide bonds. The van der Waals surface area contributed by atoms with Gasteiger partial charge < -0.3 is 0 Å². The fourth-order valence-electron chi connectivity index (χ4n) is 3.26. The fraction of sp³-hybridized carbons (Fsp3) is 0.200. The topological polar surface area (TPSA) is 34.9 Å². The largest absolute Gasteiger partial charge is 0.288 e. The highest BCUT2D eigenvalue weighted by molar-refractivity contribution is 6.21. The molecule has 1 aliphatic rings. The van der Waals surface area contributed by atoms with E-state index in [1.165, 1.54) is 0 Å². The molecule has 2 aromatic carbocycles. The zero-order chi connectivity index (χ0) is 16.0. The molecule has 3 aromatic rings. The van der Waals surface area contributed by atoms with Gasteiger partial charge in [-0.1, -0.05) is 56.3 Å². The first kappa shape index (κ1) is 13.9. The number of hydrogen-bond donors (Lipinski definition) is 0. The van der Waals surface area contributed by atoms with Crippen molar-refractivity contribution >= 4 is 5.78 Å². The van der Waals surface area contributed by atoms with Gasteiger partial charge in [0.15, 0.2) is 5.78 Å². The fourth-order valence-corrected chi connectivity index (χ4v) is 3.26. The van der Waals surface area contributed by atoms with Crippen molar-refractivity contribution in [3.05, 3.63) is 71.4 Å². The molecule has 1 heterocycles. The molecule has 0 saturated carbocycles.